The highest BCUT2D eigenvalue weighted by Crippen LogP contribution is 2.35. The number of aromatic nitrogens is 2. The number of anilines is 1. The molecule has 3 aromatic rings. The summed E-state index contributed by atoms with van der Waals surface area (Å²) in [6.07, 6.45) is 0. The van der Waals surface area contributed by atoms with Crippen molar-refractivity contribution in [1.82, 2.24) is 9.97 Å². The van der Waals surface area contributed by atoms with Crippen LogP contribution in [0.4, 0.5) is 19.0 Å². The maximum atomic E-state index is 14.7. The largest absolute Gasteiger partial charge is 0.492 e. The fourth-order valence-electron chi connectivity index (χ4n) is 2.46. The number of carbonyl (C=O) groups is 1. The summed E-state index contributed by atoms with van der Waals surface area (Å²) < 4.78 is 50.9. The highest BCUT2D eigenvalue weighted by atomic mass is 35.5. The molecule has 30 heavy (non-hydrogen) atoms. The third-order valence-electron chi connectivity index (χ3n) is 3.92. The van der Waals surface area contributed by atoms with Gasteiger partial charge in [0.1, 0.15) is 17.4 Å². The Hall–Kier alpha value is -3.04. The molecule has 0 spiro atoms. The number of ether oxygens (including phenoxy) is 2. The van der Waals surface area contributed by atoms with Gasteiger partial charge in [0.2, 0.25) is 0 Å². The molecule has 3 rings (SSSR count). The predicted octanol–water partition coefficient (Wildman–Crippen LogP) is 4.82. The van der Waals surface area contributed by atoms with Crippen LogP contribution in [0.25, 0.3) is 11.4 Å². The minimum absolute atomic E-state index is 0.0202. The van der Waals surface area contributed by atoms with Crippen LogP contribution in [-0.2, 0) is 11.3 Å². The van der Waals surface area contributed by atoms with Gasteiger partial charge in [-0.2, -0.15) is 0 Å². The second-order valence-corrected chi connectivity index (χ2v) is 6.65. The second kappa shape index (κ2) is 8.76. The molecule has 11 heteroatoms. The summed E-state index contributed by atoms with van der Waals surface area (Å²) in [4.78, 5) is 20.3. The van der Waals surface area contributed by atoms with Crippen molar-refractivity contribution < 1.29 is 27.4 Å². The maximum absolute atomic E-state index is 14.7. The van der Waals surface area contributed by atoms with E-state index in [2.05, 4.69) is 9.97 Å². The molecule has 2 N–H and O–H groups in total. The van der Waals surface area contributed by atoms with Crippen LogP contribution in [0.1, 0.15) is 16.1 Å². The van der Waals surface area contributed by atoms with Gasteiger partial charge in [-0.05, 0) is 29.8 Å². The predicted molar refractivity (Wildman–Crippen MR) is 104 cm³/mol. The molecular formula is C19H12Cl2F3N3O3. The van der Waals surface area contributed by atoms with Crippen molar-refractivity contribution in [3.63, 3.8) is 0 Å². The standard InChI is InChI=1S/C19H12Cl2F3N3O3/c1-29-16-10(20)4-3-9(14(16)24)18-26-15(13(21)17(25)27-18)19(28)30-7-8-2-5-11(22)12(23)6-8/h2-6H,7H2,1H3,(H2,25,26,27). The lowest BCUT2D eigenvalue weighted by atomic mass is 10.1. The van der Waals surface area contributed by atoms with E-state index in [4.69, 9.17) is 38.4 Å². The topological polar surface area (TPSA) is 87.3 Å². The first-order chi connectivity index (χ1) is 14.2. The van der Waals surface area contributed by atoms with Gasteiger partial charge in [0.05, 0.1) is 17.7 Å². The quantitative estimate of drug-likeness (QED) is 0.552. The van der Waals surface area contributed by atoms with Crippen LogP contribution in [0.15, 0.2) is 30.3 Å². The van der Waals surface area contributed by atoms with E-state index in [0.717, 1.165) is 12.1 Å². The molecule has 156 valence electrons. The average Bonchev–Trinajstić information content (AvgIpc) is 2.71. The van der Waals surface area contributed by atoms with E-state index in [0.29, 0.717) is 0 Å². The van der Waals surface area contributed by atoms with Crippen LogP contribution in [0.5, 0.6) is 5.75 Å². The van der Waals surface area contributed by atoms with Gasteiger partial charge in [-0.1, -0.05) is 29.3 Å². The third kappa shape index (κ3) is 4.27. The van der Waals surface area contributed by atoms with E-state index in [9.17, 15) is 18.0 Å². The first kappa shape index (κ1) is 21.7. The number of nitrogens with two attached hydrogens (primary N) is 1. The molecule has 0 fully saturated rings. The van der Waals surface area contributed by atoms with Crippen LogP contribution >= 0.6 is 23.2 Å². The lowest BCUT2D eigenvalue weighted by Crippen LogP contribution is -2.12. The van der Waals surface area contributed by atoms with Crippen LogP contribution in [0, 0.1) is 17.5 Å². The Morgan fingerprint density at radius 2 is 1.83 bits per heavy atom. The third-order valence-corrected chi connectivity index (χ3v) is 4.59. The second-order valence-electron chi connectivity index (χ2n) is 5.86. The van der Waals surface area contributed by atoms with Crippen LogP contribution < -0.4 is 10.5 Å². The van der Waals surface area contributed by atoms with Crippen molar-refractivity contribution in [1.29, 1.82) is 0 Å². The molecule has 0 aliphatic carbocycles. The Morgan fingerprint density at radius 1 is 1.10 bits per heavy atom. The van der Waals surface area contributed by atoms with E-state index in [-0.39, 0.29) is 38.6 Å². The van der Waals surface area contributed by atoms with E-state index >= 15 is 0 Å². The molecule has 2 aromatic carbocycles. The van der Waals surface area contributed by atoms with E-state index in [1.807, 2.05) is 0 Å². The monoisotopic (exact) mass is 457 g/mol. The number of rotatable bonds is 5. The number of methoxy groups -OCH3 is 1. The van der Waals surface area contributed by atoms with Crippen LogP contribution in [-0.4, -0.2) is 23.0 Å². The Balaban J connectivity index is 1.93. The molecule has 1 heterocycles. The van der Waals surface area contributed by atoms with E-state index < -0.39 is 35.7 Å². The van der Waals surface area contributed by atoms with Crippen molar-refractivity contribution in [3.05, 3.63) is 69.1 Å². The minimum Gasteiger partial charge on any atom is -0.492 e. The van der Waals surface area contributed by atoms with Crippen molar-refractivity contribution in [3.8, 4) is 17.1 Å². The summed E-state index contributed by atoms with van der Waals surface area (Å²) >= 11 is 11.9. The Kier molecular flexibility index (Phi) is 6.33. The van der Waals surface area contributed by atoms with Gasteiger partial charge in [0, 0.05) is 0 Å². The molecular weight excluding hydrogens is 446 g/mol. The number of hydrogen-bond donors (Lipinski definition) is 1. The van der Waals surface area contributed by atoms with E-state index in [1.165, 1.54) is 25.3 Å². The average molecular weight is 458 g/mol. The molecule has 0 saturated carbocycles. The Bertz CT molecular complexity index is 1150. The summed E-state index contributed by atoms with van der Waals surface area (Å²) in [6.45, 7) is -0.394. The number of esters is 1. The van der Waals surface area contributed by atoms with Gasteiger partial charge in [0.15, 0.2) is 34.7 Å². The molecule has 0 atom stereocenters. The molecule has 0 saturated heterocycles. The van der Waals surface area contributed by atoms with Crippen molar-refractivity contribution in [2.24, 2.45) is 0 Å². The van der Waals surface area contributed by atoms with E-state index in [1.54, 1.807) is 0 Å². The zero-order valence-electron chi connectivity index (χ0n) is 15.2. The van der Waals surface area contributed by atoms with Crippen LogP contribution in [0.2, 0.25) is 10.0 Å². The fourth-order valence-corrected chi connectivity index (χ4v) is 2.84. The number of carbonyl (C=O) groups excluding carboxylic acids is 1. The smallest absolute Gasteiger partial charge is 0.359 e. The van der Waals surface area contributed by atoms with Gasteiger partial charge < -0.3 is 15.2 Å². The zero-order chi connectivity index (χ0) is 22.0. The van der Waals surface area contributed by atoms with Crippen LogP contribution in [0.3, 0.4) is 0 Å². The molecule has 0 amide bonds. The lowest BCUT2D eigenvalue weighted by Gasteiger charge is -2.11. The first-order valence-electron chi connectivity index (χ1n) is 8.19. The normalized spacial score (nSPS) is 10.7. The fraction of sp³-hybridized carbons (Fsp3) is 0.105. The van der Waals surface area contributed by atoms with Crippen molar-refractivity contribution >= 4 is 35.0 Å². The summed E-state index contributed by atoms with van der Waals surface area (Å²) in [5, 5.41) is -0.290. The molecule has 1 aromatic heterocycles. The molecule has 0 bridgehead atoms. The van der Waals surface area contributed by atoms with Gasteiger partial charge in [-0.25, -0.2) is 27.9 Å². The maximum Gasteiger partial charge on any atom is 0.359 e. The zero-order valence-corrected chi connectivity index (χ0v) is 16.7. The van der Waals surface area contributed by atoms with Gasteiger partial charge in [-0.15, -0.1) is 0 Å². The highest BCUT2D eigenvalue weighted by Gasteiger charge is 2.23. The molecule has 0 unspecified atom stereocenters. The minimum atomic E-state index is -1.10. The molecule has 0 aliphatic rings. The molecule has 0 aliphatic heterocycles. The lowest BCUT2D eigenvalue weighted by molar-refractivity contribution is 0.0465. The highest BCUT2D eigenvalue weighted by molar-refractivity contribution is 6.35. The van der Waals surface area contributed by atoms with Crippen molar-refractivity contribution in [2.75, 3.05) is 12.8 Å². The van der Waals surface area contributed by atoms with Crippen molar-refractivity contribution in [2.45, 2.75) is 6.61 Å². The number of halogens is 5. The number of nitrogens with zero attached hydrogens (tertiary/aromatic N) is 2. The number of benzene rings is 2. The summed E-state index contributed by atoms with van der Waals surface area (Å²) in [5.74, 6) is -4.83. The SMILES string of the molecule is COc1c(Cl)ccc(-c2nc(N)c(Cl)c(C(=O)OCc3ccc(F)c(F)c3)n2)c1F. The number of hydrogen-bond acceptors (Lipinski definition) is 6. The Morgan fingerprint density at radius 3 is 2.50 bits per heavy atom. The Labute approximate surface area is 178 Å². The van der Waals surface area contributed by atoms with Gasteiger partial charge >= 0.3 is 5.97 Å². The van der Waals surface area contributed by atoms with Gasteiger partial charge in [-0.3, -0.25) is 0 Å². The summed E-state index contributed by atoms with van der Waals surface area (Å²) in [7, 11) is 1.23. The van der Waals surface area contributed by atoms with Gasteiger partial charge in [0.25, 0.3) is 0 Å². The number of nitrogen functional groups attached to an aromatic ring is 1. The molecule has 0 radical (unpaired) electrons. The first-order valence-corrected chi connectivity index (χ1v) is 8.95. The summed E-state index contributed by atoms with van der Waals surface area (Å²) in [6, 6.07) is 5.64. The molecule has 6 nitrogen and oxygen atoms in total. The summed E-state index contributed by atoms with van der Waals surface area (Å²) in [5.41, 5.74) is 5.34.